The fraction of sp³-hybridized carbons (Fsp3) is 0.500. The molecule has 1 unspecified atom stereocenters. The molecule has 1 atom stereocenters. The molecule has 0 radical (unpaired) electrons. The zero-order valence-electron chi connectivity index (χ0n) is 10.8. The lowest BCUT2D eigenvalue weighted by molar-refractivity contribution is 0.419. The first-order valence-electron chi connectivity index (χ1n) is 6.48. The summed E-state index contributed by atoms with van der Waals surface area (Å²) in [4.78, 5) is 3.27. The third-order valence-electron chi connectivity index (χ3n) is 3.75. The Kier molecular flexibility index (Phi) is 2.90. The molecule has 96 valence electrons. The Morgan fingerprint density at radius 1 is 1.50 bits per heavy atom. The Morgan fingerprint density at radius 3 is 2.94 bits per heavy atom. The summed E-state index contributed by atoms with van der Waals surface area (Å²) in [5.74, 6) is 1.76. The van der Waals surface area contributed by atoms with Crippen LogP contribution in [0.5, 0.6) is 5.75 Å². The van der Waals surface area contributed by atoms with Gasteiger partial charge in [-0.25, -0.2) is 0 Å². The SMILES string of the molecule is COc1cccc2c1[nH]c(=S)n2C(C)CC1CC1. The summed E-state index contributed by atoms with van der Waals surface area (Å²) < 4.78 is 8.40. The molecule has 1 aliphatic rings. The van der Waals surface area contributed by atoms with Gasteiger partial charge in [-0.15, -0.1) is 0 Å². The van der Waals surface area contributed by atoms with Crippen molar-refractivity contribution in [2.24, 2.45) is 5.92 Å². The van der Waals surface area contributed by atoms with Crippen LogP contribution in [0.3, 0.4) is 0 Å². The van der Waals surface area contributed by atoms with Crippen LogP contribution in [0.4, 0.5) is 0 Å². The second kappa shape index (κ2) is 4.43. The minimum atomic E-state index is 0.450. The molecule has 18 heavy (non-hydrogen) atoms. The minimum absolute atomic E-state index is 0.450. The zero-order chi connectivity index (χ0) is 12.7. The van der Waals surface area contributed by atoms with Crippen molar-refractivity contribution in [2.45, 2.75) is 32.2 Å². The number of methoxy groups -OCH3 is 1. The van der Waals surface area contributed by atoms with E-state index in [1.807, 2.05) is 12.1 Å². The van der Waals surface area contributed by atoms with Gasteiger partial charge in [-0.1, -0.05) is 18.9 Å². The van der Waals surface area contributed by atoms with Crippen LogP contribution >= 0.6 is 12.2 Å². The minimum Gasteiger partial charge on any atom is -0.494 e. The number of nitrogens with zero attached hydrogens (tertiary/aromatic N) is 1. The van der Waals surface area contributed by atoms with Crippen molar-refractivity contribution in [1.82, 2.24) is 9.55 Å². The van der Waals surface area contributed by atoms with Crippen molar-refractivity contribution in [3.63, 3.8) is 0 Å². The predicted octanol–water partition coefficient (Wildman–Crippen LogP) is 4.07. The van der Waals surface area contributed by atoms with Crippen molar-refractivity contribution in [2.75, 3.05) is 7.11 Å². The van der Waals surface area contributed by atoms with E-state index in [1.54, 1.807) is 7.11 Å². The monoisotopic (exact) mass is 262 g/mol. The normalized spacial score (nSPS) is 17.0. The third-order valence-corrected chi connectivity index (χ3v) is 4.05. The first-order chi connectivity index (χ1) is 8.70. The van der Waals surface area contributed by atoms with Gasteiger partial charge in [0.1, 0.15) is 11.3 Å². The number of hydrogen-bond donors (Lipinski definition) is 1. The standard InChI is InChI=1S/C14H18N2OS/c1-9(8-10-6-7-10)16-11-4-3-5-12(17-2)13(11)15-14(16)18/h3-5,9-10H,6-8H2,1-2H3,(H,15,18). The lowest BCUT2D eigenvalue weighted by Crippen LogP contribution is -2.05. The largest absolute Gasteiger partial charge is 0.494 e. The number of fused-ring (bicyclic) bond motifs is 1. The van der Waals surface area contributed by atoms with Crippen LogP contribution in [0.1, 0.15) is 32.2 Å². The van der Waals surface area contributed by atoms with Crippen molar-refractivity contribution >= 4 is 23.3 Å². The molecule has 1 aromatic heterocycles. The van der Waals surface area contributed by atoms with Crippen LogP contribution in [0.15, 0.2) is 18.2 Å². The van der Waals surface area contributed by atoms with Crippen molar-refractivity contribution in [3.8, 4) is 5.75 Å². The molecule has 0 amide bonds. The average Bonchev–Trinajstić information content (AvgIpc) is 3.08. The second-order valence-corrected chi connectivity index (χ2v) is 5.57. The molecule has 1 aliphatic carbocycles. The topological polar surface area (TPSA) is 29.9 Å². The molecule has 3 nitrogen and oxygen atoms in total. The molecule has 4 heteroatoms. The molecular formula is C14H18N2OS. The molecule has 1 heterocycles. The molecular weight excluding hydrogens is 244 g/mol. The van der Waals surface area contributed by atoms with Gasteiger partial charge >= 0.3 is 0 Å². The van der Waals surface area contributed by atoms with E-state index < -0.39 is 0 Å². The number of ether oxygens (including phenoxy) is 1. The summed E-state index contributed by atoms with van der Waals surface area (Å²) in [6, 6.07) is 6.53. The maximum Gasteiger partial charge on any atom is 0.178 e. The first-order valence-corrected chi connectivity index (χ1v) is 6.88. The van der Waals surface area contributed by atoms with Gasteiger partial charge in [0.05, 0.1) is 12.6 Å². The highest BCUT2D eigenvalue weighted by Gasteiger charge is 2.25. The van der Waals surface area contributed by atoms with E-state index in [-0.39, 0.29) is 0 Å². The Labute approximate surface area is 112 Å². The van der Waals surface area contributed by atoms with Gasteiger partial charge in [0, 0.05) is 6.04 Å². The van der Waals surface area contributed by atoms with E-state index in [1.165, 1.54) is 19.3 Å². The van der Waals surface area contributed by atoms with Crippen LogP contribution in [0.25, 0.3) is 11.0 Å². The van der Waals surface area contributed by atoms with Crippen LogP contribution in [-0.2, 0) is 0 Å². The van der Waals surface area contributed by atoms with Crippen LogP contribution in [-0.4, -0.2) is 16.7 Å². The average molecular weight is 262 g/mol. The van der Waals surface area contributed by atoms with Gasteiger partial charge in [0.25, 0.3) is 0 Å². The Morgan fingerprint density at radius 2 is 2.28 bits per heavy atom. The summed E-state index contributed by atoms with van der Waals surface area (Å²) in [5.41, 5.74) is 2.15. The van der Waals surface area contributed by atoms with Gasteiger partial charge in [0.2, 0.25) is 0 Å². The summed E-state index contributed by atoms with van der Waals surface area (Å²) in [6.07, 6.45) is 3.98. The van der Waals surface area contributed by atoms with Gasteiger partial charge in [0.15, 0.2) is 4.77 Å². The van der Waals surface area contributed by atoms with E-state index >= 15 is 0 Å². The molecule has 0 aliphatic heterocycles. The lowest BCUT2D eigenvalue weighted by atomic mass is 10.1. The quantitative estimate of drug-likeness (QED) is 0.842. The van der Waals surface area contributed by atoms with Crippen molar-refractivity contribution in [1.29, 1.82) is 0 Å². The number of hydrogen-bond acceptors (Lipinski definition) is 2. The molecule has 0 spiro atoms. The molecule has 2 aromatic rings. The number of para-hydroxylation sites is 1. The molecule has 1 saturated carbocycles. The van der Waals surface area contributed by atoms with E-state index in [0.29, 0.717) is 6.04 Å². The van der Waals surface area contributed by atoms with E-state index in [2.05, 4.69) is 22.5 Å². The number of H-pyrrole nitrogens is 1. The highest BCUT2D eigenvalue weighted by molar-refractivity contribution is 7.71. The number of imidazole rings is 1. The fourth-order valence-corrected chi connectivity index (χ4v) is 3.05. The molecule has 3 rings (SSSR count). The Bertz CT molecular complexity index is 624. The van der Waals surface area contributed by atoms with E-state index in [0.717, 1.165) is 27.5 Å². The van der Waals surface area contributed by atoms with Crippen molar-refractivity contribution < 1.29 is 4.74 Å². The summed E-state index contributed by atoms with van der Waals surface area (Å²) in [6.45, 7) is 2.25. The van der Waals surface area contributed by atoms with Gasteiger partial charge < -0.3 is 14.3 Å². The Hall–Kier alpha value is -1.29. The number of aromatic nitrogens is 2. The van der Waals surface area contributed by atoms with Crippen LogP contribution < -0.4 is 4.74 Å². The number of rotatable bonds is 4. The number of aromatic amines is 1. The fourth-order valence-electron chi connectivity index (χ4n) is 2.67. The highest BCUT2D eigenvalue weighted by Crippen LogP contribution is 2.38. The zero-order valence-corrected chi connectivity index (χ0v) is 11.6. The van der Waals surface area contributed by atoms with Crippen molar-refractivity contribution in [3.05, 3.63) is 23.0 Å². The lowest BCUT2D eigenvalue weighted by Gasteiger charge is -2.14. The van der Waals surface area contributed by atoms with Gasteiger partial charge in [-0.3, -0.25) is 0 Å². The summed E-state index contributed by atoms with van der Waals surface area (Å²) in [7, 11) is 1.69. The van der Waals surface area contributed by atoms with Crippen LogP contribution in [0.2, 0.25) is 0 Å². The summed E-state index contributed by atoms with van der Waals surface area (Å²) in [5, 5.41) is 0. The van der Waals surface area contributed by atoms with E-state index in [9.17, 15) is 0 Å². The molecule has 0 saturated heterocycles. The predicted molar refractivity (Wildman–Crippen MR) is 75.7 cm³/mol. The molecule has 1 fully saturated rings. The van der Waals surface area contributed by atoms with Gasteiger partial charge in [-0.05, 0) is 43.6 Å². The molecule has 1 aromatic carbocycles. The molecule has 0 bridgehead atoms. The first kappa shape index (κ1) is 11.8. The smallest absolute Gasteiger partial charge is 0.178 e. The maximum atomic E-state index is 5.46. The van der Waals surface area contributed by atoms with Gasteiger partial charge in [-0.2, -0.15) is 0 Å². The second-order valence-electron chi connectivity index (χ2n) is 5.18. The summed E-state index contributed by atoms with van der Waals surface area (Å²) >= 11 is 5.46. The maximum absolute atomic E-state index is 5.46. The van der Waals surface area contributed by atoms with Crippen LogP contribution in [0, 0.1) is 10.7 Å². The number of benzene rings is 1. The molecule has 1 N–H and O–H groups in total. The Balaban J connectivity index is 2.10. The van der Waals surface area contributed by atoms with E-state index in [4.69, 9.17) is 17.0 Å². The third kappa shape index (κ3) is 1.94. The highest BCUT2D eigenvalue weighted by atomic mass is 32.1. The number of nitrogens with one attached hydrogen (secondary N) is 1.